The molecule has 3 aliphatic carbocycles. The summed E-state index contributed by atoms with van der Waals surface area (Å²) >= 11 is 0. The van der Waals surface area contributed by atoms with Crippen LogP contribution in [-0.4, -0.2) is 87.9 Å². The van der Waals surface area contributed by atoms with Crippen LogP contribution in [0.1, 0.15) is 91.9 Å². The van der Waals surface area contributed by atoms with Gasteiger partial charge in [-0.25, -0.2) is 9.59 Å². The minimum Gasteiger partial charge on any atom is -0.465 e. The van der Waals surface area contributed by atoms with Crippen molar-refractivity contribution in [2.75, 3.05) is 34.0 Å². The van der Waals surface area contributed by atoms with Gasteiger partial charge in [0.15, 0.2) is 6.10 Å². The van der Waals surface area contributed by atoms with E-state index in [-0.39, 0.29) is 85.1 Å². The maximum absolute atomic E-state index is 12.9. The van der Waals surface area contributed by atoms with Crippen molar-refractivity contribution in [3.05, 3.63) is 23.8 Å². The highest BCUT2D eigenvalue weighted by Crippen LogP contribution is 2.66. The number of rotatable bonds is 12. The van der Waals surface area contributed by atoms with Gasteiger partial charge in [0.2, 0.25) is 0 Å². The number of esters is 4. The van der Waals surface area contributed by atoms with Crippen molar-refractivity contribution in [2.45, 2.75) is 122 Å². The van der Waals surface area contributed by atoms with Crippen LogP contribution in [0.4, 0.5) is 0 Å². The number of methoxy groups -OCH3 is 2. The highest BCUT2D eigenvalue weighted by Gasteiger charge is 2.67. The number of epoxide rings is 1. The molecular weight excluding hydrogens is 620 g/mol. The molecule has 11 nitrogen and oxygen atoms in total. The van der Waals surface area contributed by atoms with Crippen molar-refractivity contribution >= 4 is 23.9 Å². The van der Waals surface area contributed by atoms with Crippen LogP contribution < -0.4 is 0 Å². The third-order valence-corrected chi connectivity index (χ3v) is 12.1. The number of fused-ring (bicyclic) bond motifs is 1. The summed E-state index contributed by atoms with van der Waals surface area (Å²) in [6, 6.07) is 0. The Labute approximate surface area is 284 Å². The first-order valence-electron chi connectivity index (χ1n) is 17.7. The van der Waals surface area contributed by atoms with E-state index in [0.29, 0.717) is 25.0 Å². The Bertz CT molecular complexity index is 1270. The van der Waals surface area contributed by atoms with Crippen LogP contribution in [0.25, 0.3) is 0 Å². The third-order valence-electron chi connectivity index (χ3n) is 12.1. The molecule has 268 valence electrons. The van der Waals surface area contributed by atoms with Gasteiger partial charge in [-0.2, -0.15) is 0 Å². The molecule has 0 aromatic heterocycles. The van der Waals surface area contributed by atoms with E-state index in [4.69, 9.17) is 33.2 Å². The Morgan fingerprint density at radius 1 is 0.938 bits per heavy atom. The molecule has 2 aliphatic heterocycles. The zero-order chi connectivity index (χ0) is 34.7. The monoisotopic (exact) mass is 674 g/mol. The van der Waals surface area contributed by atoms with Gasteiger partial charge in [-0.15, -0.1) is 0 Å². The van der Waals surface area contributed by atoms with Crippen LogP contribution in [0.2, 0.25) is 0 Å². The van der Waals surface area contributed by atoms with Crippen LogP contribution in [0.15, 0.2) is 23.8 Å². The second-order valence-electron chi connectivity index (χ2n) is 14.8. The molecule has 11 heteroatoms. The molecule has 1 spiro atoms. The third kappa shape index (κ3) is 7.38. The van der Waals surface area contributed by atoms with E-state index in [1.165, 1.54) is 6.08 Å². The average molecular weight is 675 g/mol. The van der Waals surface area contributed by atoms with Crippen molar-refractivity contribution in [3.8, 4) is 0 Å². The number of cyclic esters (lactones) is 1. The lowest BCUT2D eigenvalue weighted by Gasteiger charge is -2.61. The summed E-state index contributed by atoms with van der Waals surface area (Å²) in [5.41, 5.74) is -0.806. The number of hydrogen-bond acceptors (Lipinski definition) is 11. The second kappa shape index (κ2) is 15.0. The molecule has 10 atom stereocenters. The summed E-state index contributed by atoms with van der Waals surface area (Å²) in [6.07, 6.45) is 10.7. The fourth-order valence-electron chi connectivity index (χ4n) is 9.29. The van der Waals surface area contributed by atoms with E-state index in [9.17, 15) is 19.2 Å². The normalized spacial score (nSPS) is 40.0. The van der Waals surface area contributed by atoms with E-state index in [1.807, 2.05) is 12.2 Å². The molecule has 2 saturated heterocycles. The molecule has 0 aromatic carbocycles. The zero-order valence-corrected chi connectivity index (χ0v) is 29.5. The first kappa shape index (κ1) is 36.5. The molecule has 5 unspecified atom stereocenters. The molecule has 5 rings (SSSR count). The van der Waals surface area contributed by atoms with Gasteiger partial charge in [0.25, 0.3) is 0 Å². The zero-order valence-electron chi connectivity index (χ0n) is 29.5. The van der Waals surface area contributed by atoms with Crippen molar-refractivity contribution in [2.24, 2.45) is 28.6 Å². The number of allylic oxidation sites excluding steroid dienone is 2. The first-order valence-corrected chi connectivity index (χ1v) is 17.7. The summed E-state index contributed by atoms with van der Waals surface area (Å²) in [4.78, 5) is 50.6. The van der Waals surface area contributed by atoms with Gasteiger partial charge >= 0.3 is 23.9 Å². The molecule has 3 saturated carbocycles. The molecule has 0 radical (unpaired) electrons. The summed E-state index contributed by atoms with van der Waals surface area (Å²) < 4.78 is 40.2. The number of carbonyl (C=O) groups is 4. The SMILES string of the molecule is CCC(=O)OC[C@@]1(C)C2CC[C@]3(CO3)C(C/C=C3/C(=O)OC[C@H]3OC(=O)/C=C/C3CCC(OC)C(OC)C3)[C@@]2(C)CC[C@H]1OC(=O)CC. The Morgan fingerprint density at radius 3 is 2.33 bits per heavy atom. The molecule has 0 aromatic rings. The van der Waals surface area contributed by atoms with E-state index in [1.54, 1.807) is 28.1 Å². The lowest BCUT2D eigenvalue weighted by Crippen LogP contribution is -2.61. The largest absolute Gasteiger partial charge is 0.465 e. The predicted octanol–water partition coefficient (Wildman–Crippen LogP) is 5.03. The highest BCUT2D eigenvalue weighted by atomic mass is 16.6. The summed E-state index contributed by atoms with van der Waals surface area (Å²) in [6.45, 7) is 8.69. The van der Waals surface area contributed by atoms with Gasteiger partial charge in [0, 0.05) is 38.6 Å². The molecule has 5 aliphatic rings. The smallest absolute Gasteiger partial charge is 0.337 e. The second-order valence-corrected chi connectivity index (χ2v) is 14.8. The topological polar surface area (TPSA) is 136 Å². The fourth-order valence-corrected chi connectivity index (χ4v) is 9.29. The van der Waals surface area contributed by atoms with E-state index >= 15 is 0 Å². The number of carbonyl (C=O) groups excluding carboxylic acids is 4. The van der Waals surface area contributed by atoms with E-state index in [0.717, 1.165) is 38.5 Å². The molecule has 0 bridgehead atoms. The Hall–Kier alpha value is -2.76. The Kier molecular flexibility index (Phi) is 11.4. The van der Waals surface area contributed by atoms with E-state index < -0.39 is 23.5 Å². The van der Waals surface area contributed by atoms with Crippen LogP contribution in [0.3, 0.4) is 0 Å². The first-order chi connectivity index (χ1) is 22.9. The number of hydrogen-bond donors (Lipinski definition) is 0. The summed E-state index contributed by atoms with van der Waals surface area (Å²) in [7, 11) is 3.36. The number of ether oxygens (including phenoxy) is 7. The quantitative estimate of drug-likeness (QED) is 0.119. The molecule has 0 amide bonds. The summed E-state index contributed by atoms with van der Waals surface area (Å²) in [5, 5.41) is 0. The highest BCUT2D eigenvalue weighted by molar-refractivity contribution is 5.93. The maximum Gasteiger partial charge on any atom is 0.337 e. The van der Waals surface area contributed by atoms with Gasteiger partial charge in [0.05, 0.1) is 30.0 Å². The lowest BCUT2D eigenvalue weighted by atomic mass is 9.45. The average Bonchev–Trinajstić information content (AvgIpc) is 3.77. The molecule has 48 heavy (non-hydrogen) atoms. The Balaban J connectivity index is 1.31. The fraction of sp³-hybridized carbons (Fsp3) is 0.784. The minimum atomic E-state index is -0.795. The molecule has 5 fully saturated rings. The van der Waals surface area contributed by atoms with Crippen LogP contribution in [0, 0.1) is 28.6 Å². The molecule has 0 N–H and O–H groups in total. The van der Waals surface area contributed by atoms with Gasteiger partial charge in [-0.05, 0) is 74.5 Å². The standard InChI is InChI=1S/C37H54O11/c1-7-31(38)45-21-36(4)28-15-18-37(22-46-37)29(35(28,3)17-16-30(36)48-32(39)8-2)13-11-24-27(20-44-34(24)41)47-33(40)14-10-23-9-12-25(42-5)26(19-23)43-6/h10-11,14,23,25-30H,7-9,12-13,15-22H2,1-6H3/b14-10+,24-11+/t23?,25?,26?,27-,28?,29?,30-,35+,36+,37+/m1/s1. The van der Waals surface area contributed by atoms with Crippen LogP contribution in [0.5, 0.6) is 0 Å². The van der Waals surface area contributed by atoms with Crippen molar-refractivity contribution in [1.82, 2.24) is 0 Å². The van der Waals surface area contributed by atoms with Crippen molar-refractivity contribution in [3.63, 3.8) is 0 Å². The minimum absolute atomic E-state index is 0.0213. The van der Waals surface area contributed by atoms with E-state index in [2.05, 4.69) is 13.8 Å². The summed E-state index contributed by atoms with van der Waals surface area (Å²) in [5.74, 6) is -1.26. The molecular formula is C37H54O11. The van der Waals surface area contributed by atoms with Crippen molar-refractivity contribution < 1.29 is 52.3 Å². The van der Waals surface area contributed by atoms with Gasteiger partial charge < -0.3 is 33.2 Å². The Morgan fingerprint density at radius 2 is 1.67 bits per heavy atom. The van der Waals surface area contributed by atoms with Gasteiger partial charge in [-0.1, -0.05) is 39.8 Å². The van der Waals surface area contributed by atoms with Crippen molar-refractivity contribution in [1.29, 1.82) is 0 Å². The predicted molar refractivity (Wildman–Crippen MR) is 173 cm³/mol. The lowest BCUT2D eigenvalue weighted by molar-refractivity contribution is -0.203. The van der Waals surface area contributed by atoms with Crippen LogP contribution >= 0.6 is 0 Å². The van der Waals surface area contributed by atoms with Gasteiger partial charge in [-0.3, -0.25) is 9.59 Å². The molecule has 2 heterocycles. The van der Waals surface area contributed by atoms with Crippen LogP contribution in [-0.2, 0) is 52.3 Å². The maximum atomic E-state index is 12.9. The van der Waals surface area contributed by atoms with Gasteiger partial charge in [0.1, 0.15) is 19.3 Å².